The Hall–Kier alpha value is -1.51. The molecule has 3 rings (SSSR count). The van der Waals surface area contributed by atoms with Gasteiger partial charge in [-0.05, 0) is 30.9 Å². The monoisotopic (exact) mass is 258 g/mol. The number of hydrogen-bond donors (Lipinski definition) is 1. The van der Waals surface area contributed by atoms with Gasteiger partial charge in [-0.3, -0.25) is 4.79 Å². The van der Waals surface area contributed by atoms with Crippen LogP contribution in [0.5, 0.6) is 0 Å². The van der Waals surface area contributed by atoms with Crippen LogP contribution >= 0.6 is 0 Å². The second-order valence-electron chi connectivity index (χ2n) is 5.64. The van der Waals surface area contributed by atoms with Gasteiger partial charge < -0.3 is 10.2 Å². The number of nitrogens with one attached hydrogen (secondary N) is 1. The number of carbonyl (C=O) groups is 1. The zero-order valence-corrected chi connectivity index (χ0v) is 11.6. The number of hydrogen-bond acceptors (Lipinski definition) is 2. The van der Waals surface area contributed by atoms with E-state index in [0.717, 1.165) is 31.6 Å². The number of para-hydroxylation sites is 1. The van der Waals surface area contributed by atoms with E-state index in [0.29, 0.717) is 11.9 Å². The van der Waals surface area contributed by atoms with Gasteiger partial charge in [0.05, 0.1) is 5.92 Å². The molecule has 102 valence electrons. The highest BCUT2D eigenvalue weighted by Crippen LogP contribution is 2.35. The van der Waals surface area contributed by atoms with E-state index < -0.39 is 0 Å². The van der Waals surface area contributed by atoms with E-state index in [1.807, 2.05) is 12.1 Å². The molecular weight excluding hydrogens is 236 g/mol. The quantitative estimate of drug-likeness (QED) is 0.880. The lowest BCUT2D eigenvalue weighted by atomic mass is 9.99. The van der Waals surface area contributed by atoms with E-state index in [1.165, 1.54) is 18.4 Å². The van der Waals surface area contributed by atoms with E-state index in [1.54, 1.807) is 0 Å². The van der Waals surface area contributed by atoms with Crippen LogP contribution in [0.3, 0.4) is 0 Å². The van der Waals surface area contributed by atoms with Gasteiger partial charge in [0.2, 0.25) is 5.91 Å². The molecule has 0 spiro atoms. The average molecular weight is 258 g/mol. The van der Waals surface area contributed by atoms with Gasteiger partial charge in [-0.2, -0.15) is 0 Å². The molecule has 1 saturated carbocycles. The van der Waals surface area contributed by atoms with Gasteiger partial charge in [0.15, 0.2) is 0 Å². The summed E-state index contributed by atoms with van der Waals surface area (Å²) in [5.74, 6) is 0.349. The third kappa shape index (κ3) is 2.46. The number of benzene rings is 1. The molecule has 3 nitrogen and oxygen atoms in total. The van der Waals surface area contributed by atoms with E-state index >= 15 is 0 Å². The van der Waals surface area contributed by atoms with Crippen molar-refractivity contribution in [3.05, 3.63) is 29.8 Å². The zero-order valence-electron chi connectivity index (χ0n) is 11.6. The van der Waals surface area contributed by atoms with Crippen LogP contribution in [0, 0.1) is 0 Å². The molecule has 1 aliphatic carbocycles. The molecule has 0 radical (unpaired) electrons. The van der Waals surface area contributed by atoms with Crippen molar-refractivity contribution >= 4 is 11.6 Å². The Kier molecular flexibility index (Phi) is 3.45. The van der Waals surface area contributed by atoms with Crippen LogP contribution in [0.25, 0.3) is 0 Å². The van der Waals surface area contributed by atoms with Crippen LogP contribution in [0.1, 0.15) is 44.1 Å². The minimum Gasteiger partial charge on any atom is -0.384 e. The van der Waals surface area contributed by atoms with Crippen LogP contribution < -0.4 is 5.32 Å². The van der Waals surface area contributed by atoms with E-state index in [-0.39, 0.29) is 5.92 Å². The Morgan fingerprint density at radius 1 is 1.37 bits per heavy atom. The minimum absolute atomic E-state index is 0.0219. The maximum Gasteiger partial charge on any atom is 0.232 e. The first-order valence-electron chi connectivity index (χ1n) is 7.44. The van der Waals surface area contributed by atoms with Crippen LogP contribution in [0.2, 0.25) is 0 Å². The predicted octanol–water partition coefficient (Wildman–Crippen LogP) is 2.99. The van der Waals surface area contributed by atoms with Crippen molar-refractivity contribution in [1.82, 2.24) is 4.90 Å². The Morgan fingerprint density at radius 3 is 2.89 bits per heavy atom. The second kappa shape index (κ2) is 5.24. The standard InChI is InChI=1S/C16H22N2O/c1-2-3-10-18(12-8-9-12)16(19)14-11-17-15-7-5-4-6-13(14)15/h4-7,12,14,17H,2-3,8-11H2,1H3. The second-order valence-corrected chi connectivity index (χ2v) is 5.64. The summed E-state index contributed by atoms with van der Waals surface area (Å²) in [6, 6.07) is 8.72. The van der Waals surface area contributed by atoms with Crippen molar-refractivity contribution in [2.24, 2.45) is 0 Å². The molecule has 0 aromatic heterocycles. The highest BCUT2D eigenvalue weighted by atomic mass is 16.2. The molecular formula is C16H22N2O. The molecule has 19 heavy (non-hydrogen) atoms. The van der Waals surface area contributed by atoms with Gasteiger partial charge in [0, 0.05) is 24.8 Å². The number of nitrogens with zero attached hydrogens (tertiary/aromatic N) is 1. The molecule has 1 atom stereocenters. The molecule has 1 aromatic carbocycles. The predicted molar refractivity (Wildman–Crippen MR) is 77.3 cm³/mol. The van der Waals surface area contributed by atoms with Gasteiger partial charge in [0.25, 0.3) is 0 Å². The number of rotatable bonds is 5. The van der Waals surface area contributed by atoms with Gasteiger partial charge in [-0.25, -0.2) is 0 Å². The van der Waals surface area contributed by atoms with Gasteiger partial charge in [-0.15, -0.1) is 0 Å². The number of carbonyl (C=O) groups excluding carboxylic acids is 1. The Morgan fingerprint density at radius 2 is 2.16 bits per heavy atom. The lowest BCUT2D eigenvalue weighted by Gasteiger charge is -2.25. The summed E-state index contributed by atoms with van der Waals surface area (Å²) in [6.07, 6.45) is 4.65. The SMILES string of the molecule is CCCCN(C(=O)C1CNc2ccccc21)C1CC1. The summed E-state index contributed by atoms with van der Waals surface area (Å²) in [7, 11) is 0. The molecule has 3 heteroatoms. The Balaban J connectivity index is 1.76. The molecule has 1 heterocycles. The Labute approximate surface area is 115 Å². The molecule has 1 unspecified atom stereocenters. The third-order valence-electron chi connectivity index (χ3n) is 4.15. The maximum atomic E-state index is 12.8. The summed E-state index contributed by atoms with van der Waals surface area (Å²) >= 11 is 0. The van der Waals surface area contributed by atoms with Crippen LogP contribution in [0.15, 0.2) is 24.3 Å². The van der Waals surface area contributed by atoms with Crippen LogP contribution in [-0.4, -0.2) is 29.9 Å². The van der Waals surface area contributed by atoms with Gasteiger partial charge >= 0.3 is 0 Å². The molecule has 2 aliphatic rings. The summed E-state index contributed by atoms with van der Waals surface area (Å²) < 4.78 is 0. The topological polar surface area (TPSA) is 32.3 Å². The molecule has 1 fully saturated rings. The maximum absolute atomic E-state index is 12.8. The zero-order chi connectivity index (χ0) is 13.2. The third-order valence-corrected chi connectivity index (χ3v) is 4.15. The fourth-order valence-corrected chi connectivity index (χ4v) is 2.89. The summed E-state index contributed by atoms with van der Waals surface area (Å²) in [5.41, 5.74) is 2.31. The molecule has 1 aromatic rings. The van der Waals surface area contributed by atoms with E-state index in [2.05, 4.69) is 29.3 Å². The van der Waals surface area contributed by atoms with Crippen molar-refractivity contribution in [3.63, 3.8) is 0 Å². The summed E-state index contributed by atoms with van der Waals surface area (Å²) in [5, 5.41) is 3.35. The van der Waals surface area contributed by atoms with Crippen LogP contribution in [0.4, 0.5) is 5.69 Å². The molecule has 0 bridgehead atoms. The number of amides is 1. The van der Waals surface area contributed by atoms with Crippen molar-refractivity contribution in [2.45, 2.75) is 44.6 Å². The number of unbranched alkanes of at least 4 members (excludes halogenated alkanes) is 1. The van der Waals surface area contributed by atoms with E-state index in [4.69, 9.17) is 0 Å². The number of fused-ring (bicyclic) bond motifs is 1. The Bertz CT molecular complexity index is 468. The van der Waals surface area contributed by atoms with Gasteiger partial charge in [-0.1, -0.05) is 31.5 Å². The van der Waals surface area contributed by atoms with Crippen molar-refractivity contribution in [1.29, 1.82) is 0 Å². The van der Waals surface area contributed by atoms with Crippen LogP contribution in [-0.2, 0) is 4.79 Å². The number of anilines is 1. The summed E-state index contributed by atoms with van der Waals surface area (Å²) in [6.45, 7) is 3.87. The lowest BCUT2D eigenvalue weighted by molar-refractivity contribution is -0.133. The minimum atomic E-state index is 0.0219. The fraction of sp³-hybridized carbons (Fsp3) is 0.562. The lowest BCUT2D eigenvalue weighted by Crippen LogP contribution is -2.38. The largest absolute Gasteiger partial charge is 0.384 e. The van der Waals surface area contributed by atoms with Crippen molar-refractivity contribution < 1.29 is 4.79 Å². The normalized spacial score (nSPS) is 20.8. The van der Waals surface area contributed by atoms with Gasteiger partial charge in [0.1, 0.15) is 0 Å². The highest BCUT2D eigenvalue weighted by molar-refractivity contribution is 5.88. The van der Waals surface area contributed by atoms with E-state index in [9.17, 15) is 4.79 Å². The highest BCUT2D eigenvalue weighted by Gasteiger charge is 2.38. The first-order chi connectivity index (χ1) is 9.31. The van der Waals surface area contributed by atoms with Crippen molar-refractivity contribution in [2.75, 3.05) is 18.4 Å². The average Bonchev–Trinajstić information content (AvgIpc) is 3.18. The first-order valence-corrected chi connectivity index (χ1v) is 7.44. The first kappa shape index (κ1) is 12.5. The summed E-state index contributed by atoms with van der Waals surface area (Å²) in [4.78, 5) is 14.9. The molecule has 0 saturated heterocycles. The smallest absolute Gasteiger partial charge is 0.232 e. The fourth-order valence-electron chi connectivity index (χ4n) is 2.89. The van der Waals surface area contributed by atoms with Crippen molar-refractivity contribution in [3.8, 4) is 0 Å². The molecule has 1 aliphatic heterocycles. The molecule has 1 amide bonds. The molecule has 1 N–H and O–H groups in total.